The van der Waals surface area contributed by atoms with E-state index in [1.54, 1.807) is 68.6 Å². The zero-order valence-electron chi connectivity index (χ0n) is 18.9. The van der Waals surface area contributed by atoms with Crippen molar-refractivity contribution in [1.29, 1.82) is 0 Å². The van der Waals surface area contributed by atoms with E-state index in [9.17, 15) is 18.0 Å². The van der Waals surface area contributed by atoms with Crippen molar-refractivity contribution in [3.05, 3.63) is 54.6 Å². The number of sulfonamides is 1. The highest BCUT2D eigenvalue weighted by atomic mass is 32.2. The molecule has 9 heteroatoms. The second-order valence-electron chi connectivity index (χ2n) is 8.33. The Bertz CT molecular complexity index is 1030. The van der Waals surface area contributed by atoms with Crippen LogP contribution in [-0.2, 0) is 19.6 Å². The van der Waals surface area contributed by atoms with Crippen LogP contribution in [0, 0.1) is 11.8 Å². The topological polar surface area (TPSA) is 114 Å². The fraction of sp³-hybridized carbons (Fsp3) is 0.417. The van der Waals surface area contributed by atoms with Gasteiger partial charge in [-0.2, -0.15) is 0 Å². The van der Waals surface area contributed by atoms with Gasteiger partial charge in [-0.15, -0.1) is 0 Å². The molecule has 1 atom stereocenters. The van der Waals surface area contributed by atoms with E-state index in [4.69, 9.17) is 4.74 Å². The molecular formula is C24H31N3O5S. The predicted octanol–water partition coefficient (Wildman–Crippen LogP) is 2.92. The lowest BCUT2D eigenvalue weighted by molar-refractivity contribution is -0.129. The van der Waals surface area contributed by atoms with Gasteiger partial charge in [0.25, 0.3) is 0 Å². The summed E-state index contributed by atoms with van der Waals surface area (Å²) in [6.45, 7) is 2.01. The van der Waals surface area contributed by atoms with E-state index >= 15 is 0 Å². The number of benzene rings is 2. The Kier molecular flexibility index (Phi) is 8.46. The molecule has 0 aromatic heterocycles. The van der Waals surface area contributed by atoms with Gasteiger partial charge < -0.3 is 15.4 Å². The Labute approximate surface area is 195 Å². The summed E-state index contributed by atoms with van der Waals surface area (Å²) in [5.41, 5.74) is 0.625. The highest BCUT2D eigenvalue weighted by Crippen LogP contribution is 2.29. The third-order valence-electron chi connectivity index (χ3n) is 5.94. The number of hydrogen-bond donors (Lipinski definition) is 3. The minimum Gasteiger partial charge on any atom is -0.497 e. The average molecular weight is 474 g/mol. The van der Waals surface area contributed by atoms with Crippen molar-refractivity contribution < 1.29 is 22.7 Å². The molecule has 0 saturated heterocycles. The number of amides is 2. The monoisotopic (exact) mass is 473 g/mol. The molecule has 8 nitrogen and oxygen atoms in total. The molecule has 33 heavy (non-hydrogen) atoms. The molecule has 0 bridgehead atoms. The lowest BCUT2D eigenvalue weighted by atomic mass is 9.81. The van der Waals surface area contributed by atoms with Crippen LogP contribution in [0.25, 0.3) is 0 Å². The Morgan fingerprint density at radius 2 is 1.64 bits per heavy atom. The number of carbonyl (C=O) groups is 2. The van der Waals surface area contributed by atoms with Crippen LogP contribution in [0.1, 0.15) is 32.6 Å². The number of carbonyl (C=O) groups excluding carboxylic acids is 2. The van der Waals surface area contributed by atoms with Crippen molar-refractivity contribution in [2.45, 2.75) is 43.5 Å². The van der Waals surface area contributed by atoms with E-state index in [-0.39, 0.29) is 28.5 Å². The second kappa shape index (κ2) is 11.3. The molecule has 1 fully saturated rings. The van der Waals surface area contributed by atoms with E-state index < -0.39 is 16.1 Å². The Balaban J connectivity index is 1.41. The second-order valence-corrected chi connectivity index (χ2v) is 10.1. The summed E-state index contributed by atoms with van der Waals surface area (Å²) in [6.07, 6.45) is 2.83. The summed E-state index contributed by atoms with van der Waals surface area (Å²) in [5.74, 6) is 0.262. The molecule has 1 aliphatic carbocycles. The van der Waals surface area contributed by atoms with Crippen LogP contribution in [-0.4, -0.2) is 39.9 Å². The zero-order chi connectivity index (χ0) is 23.8. The third-order valence-corrected chi connectivity index (χ3v) is 7.38. The summed E-state index contributed by atoms with van der Waals surface area (Å²) in [5, 5.41) is 5.58. The van der Waals surface area contributed by atoms with Gasteiger partial charge in [-0.05, 0) is 74.9 Å². The van der Waals surface area contributed by atoms with Gasteiger partial charge >= 0.3 is 0 Å². The number of anilines is 1. The lowest BCUT2D eigenvalue weighted by Gasteiger charge is -2.28. The van der Waals surface area contributed by atoms with Gasteiger partial charge in [0.1, 0.15) is 11.8 Å². The molecule has 3 N–H and O–H groups in total. The van der Waals surface area contributed by atoms with E-state index in [0.29, 0.717) is 30.8 Å². The molecule has 3 rings (SSSR count). The molecule has 2 amide bonds. The SMILES string of the molecule is COc1ccc(NC(=O)[C@H](C)NC(=O)C2CCC(CNS(=O)(=O)c3ccccc3)CC2)cc1. The van der Waals surface area contributed by atoms with Crippen LogP contribution in [0.4, 0.5) is 5.69 Å². The van der Waals surface area contributed by atoms with Crippen molar-refractivity contribution >= 4 is 27.5 Å². The fourth-order valence-corrected chi connectivity index (χ4v) is 5.00. The first-order chi connectivity index (χ1) is 15.8. The summed E-state index contributed by atoms with van der Waals surface area (Å²) in [6, 6.07) is 14.6. The van der Waals surface area contributed by atoms with E-state index in [0.717, 1.165) is 12.8 Å². The van der Waals surface area contributed by atoms with Gasteiger partial charge in [0.2, 0.25) is 21.8 Å². The van der Waals surface area contributed by atoms with Gasteiger partial charge in [0.15, 0.2) is 0 Å². The van der Waals surface area contributed by atoms with Gasteiger partial charge in [0, 0.05) is 18.2 Å². The van der Waals surface area contributed by atoms with Gasteiger partial charge in [-0.3, -0.25) is 9.59 Å². The number of hydrogen-bond acceptors (Lipinski definition) is 5. The molecule has 0 spiro atoms. The Morgan fingerprint density at radius 3 is 2.24 bits per heavy atom. The predicted molar refractivity (Wildman–Crippen MR) is 126 cm³/mol. The lowest BCUT2D eigenvalue weighted by Crippen LogP contribution is -2.45. The van der Waals surface area contributed by atoms with Gasteiger partial charge in [0.05, 0.1) is 12.0 Å². The maximum atomic E-state index is 12.6. The molecule has 2 aromatic carbocycles. The number of nitrogens with one attached hydrogen (secondary N) is 3. The van der Waals surface area contributed by atoms with Crippen LogP contribution in [0.5, 0.6) is 5.75 Å². The van der Waals surface area contributed by atoms with E-state index in [1.165, 1.54) is 0 Å². The standard InChI is InChI=1S/C24H31N3O5S/c1-17(23(28)27-20-12-14-21(32-2)15-13-20)26-24(29)19-10-8-18(9-11-19)16-25-33(30,31)22-6-4-3-5-7-22/h3-7,12-15,17-19,25H,8-11,16H2,1-2H3,(H,26,29)(H,27,28)/t17-,18?,19?/m0/s1. The van der Waals surface area contributed by atoms with Crippen LogP contribution < -0.4 is 20.1 Å². The minimum atomic E-state index is -3.53. The van der Waals surface area contributed by atoms with Crippen molar-refractivity contribution in [2.24, 2.45) is 11.8 Å². The first kappa shape index (κ1) is 24.7. The quantitative estimate of drug-likeness (QED) is 0.518. The summed E-state index contributed by atoms with van der Waals surface area (Å²) in [7, 11) is -1.95. The number of methoxy groups -OCH3 is 1. The molecule has 0 radical (unpaired) electrons. The Hall–Kier alpha value is -2.91. The molecule has 2 aromatic rings. The smallest absolute Gasteiger partial charge is 0.246 e. The average Bonchev–Trinajstić information content (AvgIpc) is 2.84. The van der Waals surface area contributed by atoms with Crippen LogP contribution in [0.3, 0.4) is 0 Å². The molecule has 0 aliphatic heterocycles. The summed E-state index contributed by atoms with van der Waals surface area (Å²) in [4.78, 5) is 25.3. The van der Waals surface area contributed by atoms with Crippen LogP contribution >= 0.6 is 0 Å². The van der Waals surface area contributed by atoms with Crippen LogP contribution in [0.15, 0.2) is 59.5 Å². The Morgan fingerprint density at radius 1 is 1.00 bits per heavy atom. The molecule has 0 heterocycles. The zero-order valence-corrected chi connectivity index (χ0v) is 19.7. The number of rotatable bonds is 9. The maximum absolute atomic E-state index is 12.6. The first-order valence-corrected chi connectivity index (χ1v) is 12.6. The van der Waals surface area contributed by atoms with Crippen molar-refractivity contribution in [1.82, 2.24) is 10.0 Å². The molecule has 1 aliphatic rings. The molecule has 178 valence electrons. The highest BCUT2D eigenvalue weighted by molar-refractivity contribution is 7.89. The van der Waals surface area contributed by atoms with Crippen molar-refractivity contribution in [2.75, 3.05) is 19.0 Å². The minimum absolute atomic E-state index is 0.143. The molecule has 1 saturated carbocycles. The largest absolute Gasteiger partial charge is 0.497 e. The van der Waals surface area contributed by atoms with Crippen molar-refractivity contribution in [3.63, 3.8) is 0 Å². The molecule has 0 unspecified atom stereocenters. The van der Waals surface area contributed by atoms with E-state index in [1.807, 2.05) is 0 Å². The highest BCUT2D eigenvalue weighted by Gasteiger charge is 2.29. The number of ether oxygens (including phenoxy) is 1. The maximum Gasteiger partial charge on any atom is 0.246 e. The van der Waals surface area contributed by atoms with Gasteiger partial charge in [-0.25, -0.2) is 13.1 Å². The summed E-state index contributed by atoms with van der Waals surface area (Å²) < 4.78 is 32.5. The van der Waals surface area contributed by atoms with Gasteiger partial charge in [-0.1, -0.05) is 18.2 Å². The van der Waals surface area contributed by atoms with E-state index in [2.05, 4.69) is 15.4 Å². The first-order valence-electron chi connectivity index (χ1n) is 11.1. The normalized spacial score (nSPS) is 19.3. The van der Waals surface area contributed by atoms with Crippen molar-refractivity contribution in [3.8, 4) is 5.75 Å². The summed E-state index contributed by atoms with van der Waals surface area (Å²) >= 11 is 0. The molecular weight excluding hydrogens is 442 g/mol. The fourth-order valence-electron chi connectivity index (χ4n) is 3.86. The third kappa shape index (κ3) is 7.03. The van der Waals surface area contributed by atoms with Crippen LogP contribution in [0.2, 0.25) is 0 Å².